The number of hydrogen-bond acceptors (Lipinski definition) is 3. The molecule has 0 heterocycles. The Morgan fingerprint density at radius 2 is 1.89 bits per heavy atom. The fraction of sp³-hybridized carbons (Fsp3) is 0.600. The second kappa shape index (κ2) is 6.21. The van der Waals surface area contributed by atoms with Crippen molar-refractivity contribution < 1.29 is 9.57 Å². The van der Waals surface area contributed by atoms with Crippen molar-refractivity contribution in [3.8, 4) is 5.75 Å². The molecule has 0 spiro atoms. The van der Waals surface area contributed by atoms with Gasteiger partial charge in [-0.3, -0.25) is 0 Å². The van der Waals surface area contributed by atoms with Crippen molar-refractivity contribution in [1.82, 2.24) is 5.48 Å². The third-order valence-corrected chi connectivity index (χ3v) is 3.20. The van der Waals surface area contributed by atoms with Crippen molar-refractivity contribution in [2.75, 3.05) is 13.7 Å². The van der Waals surface area contributed by atoms with Crippen LogP contribution in [-0.2, 0) is 4.84 Å². The summed E-state index contributed by atoms with van der Waals surface area (Å²) in [5.41, 5.74) is 4.51. The summed E-state index contributed by atoms with van der Waals surface area (Å²) in [7, 11) is 1.69. The molecule has 100 valence electrons. The zero-order valence-corrected chi connectivity index (χ0v) is 11.5. The van der Waals surface area contributed by atoms with Crippen molar-refractivity contribution >= 4 is 0 Å². The molecule has 1 fully saturated rings. The summed E-state index contributed by atoms with van der Waals surface area (Å²) in [6.07, 6.45) is 2.57. The van der Waals surface area contributed by atoms with Gasteiger partial charge in [-0.05, 0) is 42.4 Å². The Morgan fingerprint density at radius 1 is 1.22 bits per heavy atom. The summed E-state index contributed by atoms with van der Waals surface area (Å²) in [6.45, 7) is 5.06. The monoisotopic (exact) mass is 249 g/mol. The Hall–Kier alpha value is -1.06. The van der Waals surface area contributed by atoms with Crippen LogP contribution in [0.15, 0.2) is 24.3 Å². The van der Waals surface area contributed by atoms with Gasteiger partial charge in [0.1, 0.15) is 5.75 Å². The van der Waals surface area contributed by atoms with Gasteiger partial charge in [0.25, 0.3) is 0 Å². The second-order valence-electron chi connectivity index (χ2n) is 5.41. The van der Waals surface area contributed by atoms with Crippen molar-refractivity contribution in [3.63, 3.8) is 0 Å². The zero-order chi connectivity index (χ0) is 13.0. The lowest BCUT2D eigenvalue weighted by atomic mass is 10.0. The Bertz CT molecular complexity index is 357. The highest BCUT2D eigenvalue weighted by molar-refractivity contribution is 5.29. The van der Waals surface area contributed by atoms with Gasteiger partial charge in [0.2, 0.25) is 0 Å². The summed E-state index contributed by atoms with van der Waals surface area (Å²) < 4.78 is 5.19. The van der Waals surface area contributed by atoms with E-state index in [1.807, 2.05) is 12.1 Å². The summed E-state index contributed by atoms with van der Waals surface area (Å²) in [4.78, 5) is 5.59. The molecule has 3 heteroatoms. The number of hydroxylamine groups is 1. The van der Waals surface area contributed by atoms with E-state index >= 15 is 0 Å². The first-order chi connectivity index (χ1) is 8.70. The molecule has 18 heavy (non-hydrogen) atoms. The number of ether oxygens (including phenoxy) is 1. The van der Waals surface area contributed by atoms with Gasteiger partial charge in [0.05, 0.1) is 19.8 Å². The number of nitrogens with one attached hydrogen (secondary N) is 1. The highest BCUT2D eigenvalue weighted by Crippen LogP contribution is 2.41. The van der Waals surface area contributed by atoms with Crippen molar-refractivity contribution in [2.45, 2.75) is 32.7 Å². The smallest absolute Gasteiger partial charge is 0.118 e. The van der Waals surface area contributed by atoms with Crippen LogP contribution in [0.1, 0.15) is 38.3 Å². The molecule has 3 nitrogen and oxygen atoms in total. The van der Waals surface area contributed by atoms with E-state index < -0.39 is 0 Å². The molecule has 1 aromatic rings. The van der Waals surface area contributed by atoms with E-state index in [1.165, 1.54) is 18.4 Å². The Kier molecular flexibility index (Phi) is 4.61. The van der Waals surface area contributed by atoms with Crippen LogP contribution in [-0.4, -0.2) is 13.7 Å². The van der Waals surface area contributed by atoms with Gasteiger partial charge in [-0.15, -0.1) is 0 Å². The first-order valence-corrected chi connectivity index (χ1v) is 6.72. The second-order valence-corrected chi connectivity index (χ2v) is 5.41. The minimum atomic E-state index is 0.314. The van der Waals surface area contributed by atoms with E-state index in [0.717, 1.165) is 12.4 Å². The van der Waals surface area contributed by atoms with E-state index in [1.54, 1.807) is 7.11 Å². The molecular weight excluding hydrogens is 226 g/mol. The Morgan fingerprint density at radius 3 is 2.39 bits per heavy atom. The SMILES string of the molecule is COc1ccc(C(NOCC(C)C)C2CC2)cc1. The minimum Gasteiger partial charge on any atom is -0.497 e. The van der Waals surface area contributed by atoms with Gasteiger partial charge in [0, 0.05) is 0 Å². The molecule has 1 aliphatic rings. The topological polar surface area (TPSA) is 30.5 Å². The molecule has 0 radical (unpaired) electrons. The van der Waals surface area contributed by atoms with Crippen LogP contribution >= 0.6 is 0 Å². The Balaban J connectivity index is 1.95. The molecule has 1 aromatic carbocycles. The van der Waals surface area contributed by atoms with Crippen LogP contribution in [0.4, 0.5) is 0 Å². The fourth-order valence-corrected chi connectivity index (χ4v) is 1.98. The van der Waals surface area contributed by atoms with Crippen molar-refractivity contribution in [1.29, 1.82) is 0 Å². The van der Waals surface area contributed by atoms with Crippen LogP contribution in [0, 0.1) is 11.8 Å². The molecule has 0 aromatic heterocycles. The molecule has 0 aliphatic heterocycles. The average Bonchev–Trinajstić information content (AvgIpc) is 3.19. The minimum absolute atomic E-state index is 0.314. The van der Waals surface area contributed by atoms with Crippen LogP contribution in [0.2, 0.25) is 0 Å². The molecular formula is C15H23NO2. The third kappa shape index (κ3) is 3.72. The maximum atomic E-state index is 5.59. The maximum absolute atomic E-state index is 5.59. The lowest BCUT2D eigenvalue weighted by molar-refractivity contribution is -0.00465. The molecule has 0 saturated heterocycles. The molecule has 1 aliphatic carbocycles. The predicted molar refractivity (Wildman–Crippen MR) is 72.4 cm³/mol. The van der Waals surface area contributed by atoms with E-state index in [9.17, 15) is 0 Å². The highest BCUT2D eigenvalue weighted by Gasteiger charge is 2.32. The number of hydrogen-bond donors (Lipinski definition) is 1. The quantitative estimate of drug-likeness (QED) is 0.752. The van der Waals surface area contributed by atoms with Crippen molar-refractivity contribution in [2.24, 2.45) is 11.8 Å². The summed E-state index contributed by atoms with van der Waals surface area (Å²) in [6, 6.07) is 8.57. The number of benzene rings is 1. The van der Waals surface area contributed by atoms with Crippen LogP contribution < -0.4 is 10.2 Å². The lowest BCUT2D eigenvalue weighted by Crippen LogP contribution is -2.25. The third-order valence-electron chi connectivity index (χ3n) is 3.20. The van der Waals surface area contributed by atoms with Gasteiger partial charge < -0.3 is 9.57 Å². The summed E-state index contributed by atoms with van der Waals surface area (Å²) >= 11 is 0. The summed E-state index contributed by atoms with van der Waals surface area (Å²) in [5, 5.41) is 0. The summed E-state index contributed by atoms with van der Waals surface area (Å²) in [5.74, 6) is 2.16. The number of methoxy groups -OCH3 is 1. The van der Waals surface area contributed by atoms with Crippen LogP contribution in [0.25, 0.3) is 0 Å². The standard InChI is InChI=1S/C15H23NO2/c1-11(2)10-18-16-15(12-4-5-12)13-6-8-14(17-3)9-7-13/h6-9,11-12,15-16H,4-5,10H2,1-3H3. The van der Waals surface area contributed by atoms with E-state index in [-0.39, 0.29) is 0 Å². The Labute approximate surface area is 109 Å². The zero-order valence-electron chi connectivity index (χ0n) is 11.5. The molecule has 0 bridgehead atoms. The molecule has 2 rings (SSSR count). The molecule has 1 saturated carbocycles. The first kappa shape index (κ1) is 13.4. The molecule has 1 unspecified atom stereocenters. The normalized spacial score (nSPS) is 16.9. The van der Waals surface area contributed by atoms with Crippen molar-refractivity contribution in [3.05, 3.63) is 29.8 Å². The van der Waals surface area contributed by atoms with Gasteiger partial charge in [-0.25, -0.2) is 0 Å². The van der Waals surface area contributed by atoms with E-state index in [2.05, 4.69) is 31.5 Å². The lowest BCUT2D eigenvalue weighted by Gasteiger charge is -2.19. The number of rotatable bonds is 7. The van der Waals surface area contributed by atoms with Crippen LogP contribution in [0.3, 0.4) is 0 Å². The fourth-order valence-electron chi connectivity index (χ4n) is 1.98. The molecule has 0 amide bonds. The van der Waals surface area contributed by atoms with Crippen LogP contribution in [0.5, 0.6) is 5.75 Å². The van der Waals surface area contributed by atoms with E-state index in [4.69, 9.17) is 9.57 Å². The van der Waals surface area contributed by atoms with E-state index in [0.29, 0.717) is 17.9 Å². The molecule has 1 atom stereocenters. The maximum Gasteiger partial charge on any atom is 0.118 e. The van der Waals surface area contributed by atoms with Gasteiger partial charge in [-0.2, -0.15) is 5.48 Å². The van der Waals surface area contributed by atoms with Gasteiger partial charge in [0.15, 0.2) is 0 Å². The largest absolute Gasteiger partial charge is 0.497 e. The predicted octanol–water partition coefficient (Wildman–Crippen LogP) is 3.32. The highest BCUT2D eigenvalue weighted by atomic mass is 16.6. The first-order valence-electron chi connectivity index (χ1n) is 6.72. The van der Waals surface area contributed by atoms with Gasteiger partial charge in [-0.1, -0.05) is 26.0 Å². The molecule has 1 N–H and O–H groups in total. The average molecular weight is 249 g/mol. The van der Waals surface area contributed by atoms with Gasteiger partial charge >= 0.3 is 0 Å².